The second kappa shape index (κ2) is 6.06. The lowest BCUT2D eigenvalue weighted by Gasteiger charge is -2.28. The fraction of sp³-hybridized carbons (Fsp3) is 0.600. The van der Waals surface area contributed by atoms with Crippen LogP contribution < -0.4 is 14.8 Å². The molecule has 104 valence electrons. The number of benzene rings is 1. The number of hydrogen-bond donors (Lipinski definition) is 1. The van der Waals surface area contributed by atoms with Gasteiger partial charge >= 0.3 is 0 Å². The summed E-state index contributed by atoms with van der Waals surface area (Å²) in [6.45, 7) is 1.90. The van der Waals surface area contributed by atoms with Gasteiger partial charge in [0.25, 0.3) is 0 Å². The third-order valence-corrected chi connectivity index (χ3v) is 5.27. The van der Waals surface area contributed by atoms with E-state index in [0.29, 0.717) is 6.04 Å². The minimum atomic E-state index is 0.403. The maximum absolute atomic E-state index is 5.72. The van der Waals surface area contributed by atoms with Gasteiger partial charge in [-0.15, -0.1) is 0 Å². The van der Waals surface area contributed by atoms with E-state index in [1.165, 1.54) is 24.2 Å². The van der Waals surface area contributed by atoms with Gasteiger partial charge in [-0.05, 0) is 36.8 Å². The van der Waals surface area contributed by atoms with Crippen molar-refractivity contribution < 1.29 is 9.47 Å². The summed E-state index contributed by atoms with van der Waals surface area (Å²) in [4.78, 5) is 0. The molecule has 0 saturated carbocycles. The Kier molecular flexibility index (Phi) is 4.18. The van der Waals surface area contributed by atoms with Crippen LogP contribution in [0.15, 0.2) is 18.2 Å². The van der Waals surface area contributed by atoms with Crippen LogP contribution in [0.2, 0.25) is 0 Å². The summed E-state index contributed by atoms with van der Waals surface area (Å²) in [6.07, 6.45) is 3.76. The highest BCUT2D eigenvalue weighted by Gasteiger charge is 2.23. The molecule has 3 nitrogen and oxygen atoms in total. The van der Waals surface area contributed by atoms with Crippen LogP contribution in [0.25, 0.3) is 0 Å². The van der Waals surface area contributed by atoms with Crippen LogP contribution in [0.5, 0.6) is 11.5 Å². The minimum absolute atomic E-state index is 0.403. The summed E-state index contributed by atoms with van der Waals surface area (Å²) in [5.74, 6) is 3.24. The van der Waals surface area contributed by atoms with Crippen LogP contribution >= 0.6 is 11.8 Å². The van der Waals surface area contributed by atoms with Crippen molar-refractivity contribution in [3.05, 3.63) is 23.8 Å². The number of thioether (sulfide) groups is 1. The number of hydrogen-bond acceptors (Lipinski definition) is 4. The lowest BCUT2D eigenvalue weighted by Crippen LogP contribution is -2.31. The van der Waals surface area contributed by atoms with Crippen molar-refractivity contribution in [2.75, 3.05) is 26.0 Å². The summed E-state index contributed by atoms with van der Waals surface area (Å²) in [5, 5.41) is 4.50. The first-order valence-electron chi connectivity index (χ1n) is 7.02. The van der Waals surface area contributed by atoms with E-state index in [4.69, 9.17) is 9.47 Å². The first-order valence-corrected chi connectivity index (χ1v) is 8.07. The van der Waals surface area contributed by atoms with Crippen LogP contribution in [-0.4, -0.2) is 31.3 Å². The molecule has 19 heavy (non-hydrogen) atoms. The largest absolute Gasteiger partial charge is 0.497 e. The molecular weight excluding hydrogens is 258 g/mol. The highest BCUT2D eigenvalue weighted by Crippen LogP contribution is 2.35. The topological polar surface area (TPSA) is 30.5 Å². The maximum Gasteiger partial charge on any atom is 0.124 e. The van der Waals surface area contributed by atoms with Gasteiger partial charge in [0, 0.05) is 29.8 Å². The number of rotatable bonds is 4. The van der Waals surface area contributed by atoms with E-state index in [9.17, 15) is 0 Å². The van der Waals surface area contributed by atoms with Gasteiger partial charge in [0.15, 0.2) is 0 Å². The van der Waals surface area contributed by atoms with Crippen LogP contribution in [0.1, 0.15) is 30.9 Å². The van der Waals surface area contributed by atoms with Gasteiger partial charge in [-0.2, -0.15) is 11.8 Å². The summed E-state index contributed by atoms with van der Waals surface area (Å²) in [6, 6.07) is 6.49. The quantitative estimate of drug-likeness (QED) is 0.918. The van der Waals surface area contributed by atoms with E-state index < -0.39 is 0 Å². The van der Waals surface area contributed by atoms with Gasteiger partial charge in [-0.25, -0.2) is 0 Å². The molecule has 1 N–H and O–H groups in total. The summed E-state index contributed by atoms with van der Waals surface area (Å²) in [5.41, 5.74) is 1.24. The average molecular weight is 279 g/mol. The molecule has 1 aromatic rings. The average Bonchev–Trinajstić information content (AvgIpc) is 2.97. The first-order chi connectivity index (χ1) is 9.36. The Labute approximate surface area is 119 Å². The molecule has 0 bridgehead atoms. The Hall–Kier alpha value is -0.870. The van der Waals surface area contributed by atoms with Crippen molar-refractivity contribution in [1.82, 2.24) is 5.32 Å². The smallest absolute Gasteiger partial charge is 0.124 e. The predicted molar refractivity (Wildman–Crippen MR) is 79.3 cm³/mol. The number of nitrogens with one attached hydrogen (secondary N) is 1. The van der Waals surface area contributed by atoms with Gasteiger partial charge in [-0.3, -0.25) is 0 Å². The highest BCUT2D eigenvalue weighted by atomic mass is 32.2. The number of methoxy groups -OCH3 is 1. The molecule has 0 radical (unpaired) electrons. The second-order valence-electron chi connectivity index (χ2n) is 5.14. The van der Waals surface area contributed by atoms with Crippen molar-refractivity contribution in [1.29, 1.82) is 0 Å². The van der Waals surface area contributed by atoms with Crippen molar-refractivity contribution in [2.24, 2.45) is 0 Å². The monoisotopic (exact) mass is 279 g/mol. The molecule has 0 aromatic heterocycles. The van der Waals surface area contributed by atoms with Crippen molar-refractivity contribution >= 4 is 11.8 Å². The van der Waals surface area contributed by atoms with Crippen molar-refractivity contribution in [2.45, 2.75) is 30.6 Å². The molecule has 4 heteroatoms. The maximum atomic E-state index is 5.72. The summed E-state index contributed by atoms with van der Waals surface area (Å²) >= 11 is 2.10. The first kappa shape index (κ1) is 13.1. The van der Waals surface area contributed by atoms with Gasteiger partial charge in [0.2, 0.25) is 0 Å². The van der Waals surface area contributed by atoms with E-state index in [1.807, 2.05) is 12.1 Å². The van der Waals surface area contributed by atoms with Gasteiger partial charge in [0.1, 0.15) is 11.5 Å². The predicted octanol–water partition coefficient (Wildman–Crippen LogP) is 3.00. The van der Waals surface area contributed by atoms with E-state index in [0.717, 1.165) is 36.3 Å². The normalized spacial score (nSPS) is 25.7. The molecule has 2 aliphatic heterocycles. The zero-order valence-corrected chi connectivity index (χ0v) is 12.2. The zero-order valence-electron chi connectivity index (χ0n) is 11.4. The Morgan fingerprint density at radius 1 is 1.42 bits per heavy atom. The van der Waals surface area contributed by atoms with E-state index in [-0.39, 0.29) is 0 Å². The molecule has 1 saturated heterocycles. The molecule has 3 rings (SSSR count). The zero-order chi connectivity index (χ0) is 13.1. The minimum Gasteiger partial charge on any atom is -0.497 e. The molecule has 0 spiro atoms. The van der Waals surface area contributed by atoms with Crippen molar-refractivity contribution in [3.63, 3.8) is 0 Å². The van der Waals surface area contributed by atoms with Gasteiger partial charge < -0.3 is 14.8 Å². The highest BCUT2D eigenvalue weighted by molar-refractivity contribution is 8.00. The lowest BCUT2D eigenvalue weighted by atomic mass is 10.00. The molecule has 1 aromatic carbocycles. The third-order valence-electron chi connectivity index (χ3n) is 3.87. The van der Waals surface area contributed by atoms with Crippen LogP contribution in [0.4, 0.5) is 0 Å². The van der Waals surface area contributed by atoms with E-state index in [1.54, 1.807) is 7.11 Å². The SMILES string of the molecule is COc1ccc2c(c1)C(NCC1CCCS1)CCO2. The number of ether oxygens (including phenoxy) is 2. The van der Waals surface area contributed by atoms with Gasteiger partial charge in [0.05, 0.1) is 13.7 Å². The molecule has 0 amide bonds. The number of fused-ring (bicyclic) bond motifs is 1. The second-order valence-corrected chi connectivity index (χ2v) is 6.55. The standard InChI is InChI=1S/C15H21NO2S/c1-17-11-4-5-15-13(9-11)14(6-7-18-15)16-10-12-3-2-8-19-12/h4-5,9,12,14,16H,2-3,6-8,10H2,1H3. The van der Waals surface area contributed by atoms with E-state index in [2.05, 4.69) is 23.1 Å². The van der Waals surface area contributed by atoms with Gasteiger partial charge in [-0.1, -0.05) is 0 Å². The molecular formula is C15H21NO2S. The molecule has 1 fully saturated rings. The Morgan fingerprint density at radius 3 is 3.16 bits per heavy atom. The molecule has 0 aliphatic carbocycles. The summed E-state index contributed by atoms with van der Waals surface area (Å²) < 4.78 is 11.0. The molecule has 2 aliphatic rings. The Bertz CT molecular complexity index is 432. The van der Waals surface area contributed by atoms with Crippen LogP contribution in [-0.2, 0) is 0 Å². The Morgan fingerprint density at radius 2 is 2.37 bits per heavy atom. The molecule has 2 heterocycles. The van der Waals surface area contributed by atoms with Crippen molar-refractivity contribution in [3.8, 4) is 11.5 Å². The van der Waals surface area contributed by atoms with Crippen LogP contribution in [0.3, 0.4) is 0 Å². The Balaban J connectivity index is 1.69. The van der Waals surface area contributed by atoms with Crippen LogP contribution in [0, 0.1) is 0 Å². The van der Waals surface area contributed by atoms with E-state index >= 15 is 0 Å². The summed E-state index contributed by atoms with van der Waals surface area (Å²) in [7, 11) is 1.71. The molecule has 2 unspecified atom stereocenters. The fourth-order valence-electron chi connectivity index (χ4n) is 2.79. The fourth-order valence-corrected chi connectivity index (χ4v) is 4.00. The third kappa shape index (κ3) is 3.00. The molecule has 2 atom stereocenters. The lowest BCUT2D eigenvalue weighted by molar-refractivity contribution is 0.252.